The number of carbonyl (C=O) groups excluding carboxylic acids is 1. The summed E-state index contributed by atoms with van der Waals surface area (Å²) in [6.07, 6.45) is 4.84. The lowest BCUT2D eigenvalue weighted by atomic mass is 9.97. The molecule has 0 saturated heterocycles. The van der Waals surface area contributed by atoms with E-state index in [0.29, 0.717) is 18.5 Å². The third-order valence-corrected chi connectivity index (χ3v) is 4.05. The highest BCUT2D eigenvalue weighted by atomic mass is 35.5. The third-order valence-electron chi connectivity index (χ3n) is 3.73. The van der Waals surface area contributed by atoms with Crippen molar-refractivity contribution in [2.45, 2.75) is 26.0 Å². The van der Waals surface area contributed by atoms with Gasteiger partial charge < -0.3 is 14.6 Å². The van der Waals surface area contributed by atoms with Crippen molar-refractivity contribution in [3.05, 3.63) is 41.4 Å². The number of nitrogens with one attached hydrogen (secondary N) is 1. The van der Waals surface area contributed by atoms with Crippen molar-refractivity contribution in [1.82, 2.24) is 9.55 Å². The summed E-state index contributed by atoms with van der Waals surface area (Å²) in [5.74, 6) is 0.317. The minimum absolute atomic E-state index is 0.0583. The lowest BCUT2D eigenvalue weighted by Gasteiger charge is -2.22. The van der Waals surface area contributed by atoms with E-state index < -0.39 is 6.61 Å². The number of imidazole rings is 1. The van der Waals surface area contributed by atoms with Crippen LogP contribution in [0.1, 0.15) is 12.2 Å². The fraction of sp³-hybridized carbons (Fsp3) is 0.333. The molecule has 0 spiro atoms. The Hall–Kier alpha value is -2.15. The Morgan fingerprint density at radius 3 is 3.09 bits per heavy atom. The number of amides is 1. The second kappa shape index (κ2) is 6.54. The molecule has 1 aromatic carbocycles. The first-order valence-corrected chi connectivity index (χ1v) is 7.46. The van der Waals surface area contributed by atoms with Crippen LogP contribution in [0.2, 0.25) is 5.02 Å². The van der Waals surface area contributed by atoms with E-state index in [2.05, 4.69) is 15.0 Å². The molecule has 0 fully saturated rings. The van der Waals surface area contributed by atoms with Crippen LogP contribution in [0, 0.1) is 5.92 Å². The largest absolute Gasteiger partial charge is 0.433 e. The molecule has 1 aromatic heterocycles. The Morgan fingerprint density at radius 1 is 1.48 bits per heavy atom. The number of fused-ring (bicyclic) bond motifs is 1. The van der Waals surface area contributed by atoms with Crippen LogP contribution in [0.3, 0.4) is 0 Å². The van der Waals surface area contributed by atoms with Gasteiger partial charge in [0.1, 0.15) is 11.6 Å². The normalized spacial score (nSPS) is 17.0. The van der Waals surface area contributed by atoms with Crippen molar-refractivity contribution in [2.75, 3.05) is 5.32 Å². The predicted molar refractivity (Wildman–Crippen MR) is 80.8 cm³/mol. The Morgan fingerprint density at radius 2 is 2.30 bits per heavy atom. The number of carbonyl (C=O) groups is 1. The van der Waals surface area contributed by atoms with Gasteiger partial charge in [0.15, 0.2) is 0 Å². The lowest BCUT2D eigenvalue weighted by Crippen LogP contribution is -2.30. The number of anilines is 1. The van der Waals surface area contributed by atoms with E-state index in [4.69, 9.17) is 11.6 Å². The molecule has 23 heavy (non-hydrogen) atoms. The van der Waals surface area contributed by atoms with E-state index in [-0.39, 0.29) is 22.6 Å². The quantitative estimate of drug-likeness (QED) is 0.928. The van der Waals surface area contributed by atoms with Crippen molar-refractivity contribution in [1.29, 1.82) is 0 Å². The molecular weight excluding hydrogens is 328 g/mol. The number of aryl methyl sites for hydroxylation is 1. The fourth-order valence-corrected chi connectivity index (χ4v) is 2.75. The van der Waals surface area contributed by atoms with E-state index in [9.17, 15) is 13.6 Å². The molecule has 2 heterocycles. The number of ether oxygens (including phenoxy) is 1. The standard InChI is InChI=1S/C15H14ClF2N3O2/c16-11-2-1-10(8-12(11)23-15(17)18)20-14(22)9-3-5-21-6-4-19-13(21)7-9/h1-2,4,6,8-9,15H,3,5,7H2,(H,20,22)/t9-/m0/s1. The van der Waals surface area contributed by atoms with Crippen LogP contribution < -0.4 is 10.1 Å². The highest BCUT2D eigenvalue weighted by Crippen LogP contribution is 2.30. The van der Waals surface area contributed by atoms with Crippen molar-refractivity contribution in [3.63, 3.8) is 0 Å². The zero-order valence-corrected chi connectivity index (χ0v) is 12.8. The first-order chi connectivity index (χ1) is 11.0. The Bertz CT molecular complexity index is 720. The summed E-state index contributed by atoms with van der Waals surface area (Å²) in [6.45, 7) is -2.25. The monoisotopic (exact) mass is 341 g/mol. The van der Waals surface area contributed by atoms with Crippen molar-refractivity contribution in [2.24, 2.45) is 5.92 Å². The van der Waals surface area contributed by atoms with Gasteiger partial charge in [-0.2, -0.15) is 8.78 Å². The molecule has 2 aromatic rings. The van der Waals surface area contributed by atoms with Gasteiger partial charge in [0.05, 0.1) is 5.02 Å². The maximum Gasteiger partial charge on any atom is 0.387 e. The first kappa shape index (κ1) is 15.7. The van der Waals surface area contributed by atoms with Gasteiger partial charge in [0, 0.05) is 43.0 Å². The van der Waals surface area contributed by atoms with Crippen LogP contribution in [0.4, 0.5) is 14.5 Å². The Balaban J connectivity index is 1.68. The van der Waals surface area contributed by atoms with Gasteiger partial charge in [-0.3, -0.25) is 4.79 Å². The molecule has 1 aliphatic rings. The molecule has 8 heteroatoms. The molecule has 1 aliphatic heterocycles. The number of aromatic nitrogens is 2. The van der Waals surface area contributed by atoms with Gasteiger partial charge >= 0.3 is 6.61 Å². The zero-order valence-electron chi connectivity index (χ0n) is 12.0. The van der Waals surface area contributed by atoms with Gasteiger partial charge in [-0.25, -0.2) is 4.98 Å². The summed E-state index contributed by atoms with van der Waals surface area (Å²) in [6, 6.07) is 4.24. The number of alkyl halides is 2. The van der Waals surface area contributed by atoms with Gasteiger partial charge in [-0.15, -0.1) is 0 Å². The molecule has 0 saturated carbocycles. The maximum atomic E-state index is 12.3. The molecular formula is C15H14ClF2N3O2. The van der Waals surface area contributed by atoms with Crippen molar-refractivity contribution >= 4 is 23.2 Å². The molecule has 0 radical (unpaired) electrons. The zero-order chi connectivity index (χ0) is 16.4. The van der Waals surface area contributed by atoms with Gasteiger partial charge in [-0.05, 0) is 18.6 Å². The summed E-state index contributed by atoms with van der Waals surface area (Å²) in [5.41, 5.74) is 0.365. The molecule has 3 rings (SSSR count). The number of benzene rings is 1. The van der Waals surface area contributed by atoms with E-state index >= 15 is 0 Å². The van der Waals surface area contributed by atoms with Gasteiger partial charge in [-0.1, -0.05) is 11.6 Å². The van der Waals surface area contributed by atoms with E-state index in [1.165, 1.54) is 12.1 Å². The van der Waals surface area contributed by atoms with Crippen LogP contribution in [0.15, 0.2) is 30.6 Å². The van der Waals surface area contributed by atoms with E-state index in [0.717, 1.165) is 12.4 Å². The minimum atomic E-state index is -2.98. The minimum Gasteiger partial charge on any atom is -0.433 e. The molecule has 1 atom stereocenters. The SMILES string of the molecule is O=C(Nc1ccc(Cl)c(OC(F)F)c1)[C@H]1CCn2ccnc2C1. The summed E-state index contributed by atoms with van der Waals surface area (Å²) in [4.78, 5) is 16.6. The Kier molecular flexibility index (Phi) is 4.47. The van der Waals surface area contributed by atoms with Gasteiger partial charge in [0.2, 0.25) is 5.91 Å². The molecule has 0 bridgehead atoms. The highest BCUT2D eigenvalue weighted by molar-refractivity contribution is 6.32. The predicted octanol–water partition coefficient (Wildman–Crippen LogP) is 3.34. The number of hydrogen-bond acceptors (Lipinski definition) is 3. The number of hydrogen-bond donors (Lipinski definition) is 1. The highest BCUT2D eigenvalue weighted by Gasteiger charge is 2.25. The number of halogens is 3. The van der Waals surface area contributed by atoms with Crippen molar-refractivity contribution < 1.29 is 18.3 Å². The average Bonchev–Trinajstić information content (AvgIpc) is 2.97. The molecule has 122 valence electrons. The maximum absolute atomic E-state index is 12.3. The number of rotatable bonds is 4. The van der Waals surface area contributed by atoms with Crippen LogP contribution in [-0.4, -0.2) is 22.1 Å². The van der Waals surface area contributed by atoms with Crippen molar-refractivity contribution in [3.8, 4) is 5.75 Å². The van der Waals surface area contributed by atoms with Crippen LogP contribution in [-0.2, 0) is 17.8 Å². The van der Waals surface area contributed by atoms with Gasteiger partial charge in [0.25, 0.3) is 0 Å². The molecule has 0 aliphatic carbocycles. The first-order valence-electron chi connectivity index (χ1n) is 7.08. The third kappa shape index (κ3) is 3.61. The van der Waals surface area contributed by atoms with Crippen LogP contribution >= 0.6 is 11.6 Å². The second-order valence-corrected chi connectivity index (χ2v) is 5.65. The van der Waals surface area contributed by atoms with Crippen LogP contribution in [0.25, 0.3) is 0 Å². The van der Waals surface area contributed by atoms with Crippen LogP contribution in [0.5, 0.6) is 5.75 Å². The second-order valence-electron chi connectivity index (χ2n) is 5.24. The summed E-state index contributed by atoms with van der Waals surface area (Å²) in [7, 11) is 0. The average molecular weight is 342 g/mol. The topological polar surface area (TPSA) is 56.1 Å². The molecule has 1 amide bonds. The smallest absolute Gasteiger partial charge is 0.387 e. The molecule has 0 unspecified atom stereocenters. The number of nitrogens with zero attached hydrogens (tertiary/aromatic N) is 2. The Labute approximate surface area is 136 Å². The summed E-state index contributed by atoms with van der Waals surface area (Å²) >= 11 is 5.79. The lowest BCUT2D eigenvalue weighted by molar-refractivity contribution is -0.120. The fourth-order valence-electron chi connectivity index (χ4n) is 2.59. The summed E-state index contributed by atoms with van der Waals surface area (Å²) < 4.78 is 31.0. The van der Waals surface area contributed by atoms with E-state index in [1.807, 2.05) is 10.8 Å². The summed E-state index contributed by atoms with van der Waals surface area (Å²) in [5, 5.41) is 2.77. The van der Waals surface area contributed by atoms with E-state index in [1.54, 1.807) is 12.3 Å². The molecule has 1 N–H and O–H groups in total. The molecule has 5 nitrogen and oxygen atoms in total.